The molecular weight excluding hydrogens is 316 g/mol. The molecule has 0 aliphatic heterocycles. The van der Waals surface area contributed by atoms with E-state index in [4.69, 9.17) is 9.47 Å². The average molecular weight is 338 g/mol. The second-order valence-corrected chi connectivity index (χ2v) is 6.71. The van der Waals surface area contributed by atoms with Crippen LogP contribution in [0.25, 0.3) is 0 Å². The molecule has 0 bridgehead atoms. The first-order chi connectivity index (χ1) is 11.0. The summed E-state index contributed by atoms with van der Waals surface area (Å²) in [6.07, 6.45) is 3.44. The van der Waals surface area contributed by atoms with Gasteiger partial charge in [-0.2, -0.15) is 0 Å². The van der Waals surface area contributed by atoms with Crippen LogP contribution in [-0.2, 0) is 16.4 Å². The number of rotatable bonds is 7. The highest BCUT2D eigenvalue weighted by atomic mass is 32.2. The van der Waals surface area contributed by atoms with Gasteiger partial charge in [-0.3, -0.25) is 0 Å². The van der Waals surface area contributed by atoms with Crippen molar-refractivity contribution in [3.63, 3.8) is 0 Å². The van der Waals surface area contributed by atoms with Crippen LogP contribution in [0.1, 0.15) is 32.2 Å². The minimum atomic E-state index is -3.80. The lowest BCUT2D eigenvalue weighted by Gasteiger charge is -2.16. The minimum absolute atomic E-state index is 0.0844. The summed E-state index contributed by atoms with van der Waals surface area (Å²) in [7, 11) is -3.80. The van der Waals surface area contributed by atoms with Crippen LogP contribution in [0.4, 0.5) is 0 Å². The molecule has 0 spiro atoms. The Morgan fingerprint density at radius 3 is 2.35 bits per heavy atom. The van der Waals surface area contributed by atoms with Gasteiger partial charge in [-0.05, 0) is 32.4 Å². The second-order valence-electron chi connectivity index (χ2n) is 4.93. The van der Waals surface area contributed by atoms with Gasteiger partial charge >= 0.3 is 0 Å². The average Bonchev–Trinajstić information content (AvgIpc) is 2.99. The van der Waals surface area contributed by atoms with Crippen LogP contribution in [0.2, 0.25) is 0 Å². The molecule has 0 aliphatic carbocycles. The van der Waals surface area contributed by atoms with Crippen LogP contribution in [0.5, 0.6) is 11.5 Å². The number of benzene rings is 1. The Morgan fingerprint density at radius 1 is 1.09 bits per heavy atom. The van der Waals surface area contributed by atoms with E-state index in [1.165, 1.54) is 22.4 Å². The van der Waals surface area contributed by atoms with Gasteiger partial charge in [-0.1, -0.05) is 6.92 Å². The third-order valence-electron chi connectivity index (χ3n) is 3.37. The lowest BCUT2D eigenvalue weighted by molar-refractivity contribution is 0.320. The molecule has 1 aromatic carbocycles. The fraction of sp³-hybridized carbons (Fsp3) is 0.438. The molecule has 126 valence electrons. The van der Waals surface area contributed by atoms with Crippen molar-refractivity contribution in [1.82, 2.24) is 8.96 Å². The van der Waals surface area contributed by atoms with Crippen LogP contribution in [0.3, 0.4) is 0 Å². The van der Waals surface area contributed by atoms with Crippen molar-refractivity contribution in [3.05, 3.63) is 35.9 Å². The van der Waals surface area contributed by atoms with Gasteiger partial charge in [0.15, 0.2) is 0 Å². The van der Waals surface area contributed by atoms with Crippen LogP contribution >= 0.6 is 0 Å². The summed E-state index contributed by atoms with van der Waals surface area (Å²) < 4.78 is 38.3. The maximum atomic E-state index is 13.0. The molecular formula is C16H22N2O4S. The van der Waals surface area contributed by atoms with Crippen molar-refractivity contribution >= 4 is 10.0 Å². The molecule has 0 fully saturated rings. The molecule has 0 radical (unpaired) electrons. The maximum Gasteiger partial charge on any atom is 0.272 e. The quantitative estimate of drug-likeness (QED) is 0.776. The Balaban J connectivity index is 2.66. The van der Waals surface area contributed by atoms with Gasteiger partial charge in [0.1, 0.15) is 22.2 Å². The van der Waals surface area contributed by atoms with Crippen molar-refractivity contribution in [2.45, 2.75) is 39.0 Å². The number of nitrogens with zero attached hydrogens (tertiary/aromatic N) is 2. The van der Waals surface area contributed by atoms with E-state index in [9.17, 15) is 8.42 Å². The zero-order valence-corrected chi connectivity index (χ0v) is 14.7. The van der Waals surface area contributed by atoms with Gasteiger partial charge in [0.05, 0.1) is 13.2 Å². The summed E-state index contributed by atoms with van der Waals surface area (Å²) in [6, 6.07) is 3.22. The van der Waals surface area contributed by atoms with E-state index in [1.54, 1.807) is 6.07 Å². The molecule has 0 N–H and O–H groups in total. The van der Waals surface area contributed by atoms with Crippen molar-refractivity contribution in [2.75, 3.05) is 13.2 Å². The van der Waals surface area contributed by atoms with Crippen LogP contribution in [-0.4, -0.2) is 30.6 Å². The standard InChI is InChI=1S/C16H22N2O4S/c1-5-16-17-8-9-18(16)23(19,20)15-11-13(21-6-2)12(4)10-14(15)22-7-3/h8-11H,5-7H2,1-4H3. The Labute approximate surface area is 137 Å². The molecule has 2 aromatic rings. The maximum absolute atomic E-state index is 13.0. The molecule has 0 amide bonds. The van der Waals surface area contributed by atoms with E-state index in [0.29, 0.717) is 37.0 Å². The first-order valence-corrected chi connectivity index (χ1v) is 9.07. The minimum Gasteiger partial charge on any atom is -0.494 e. The SMILES string of the molecule is CCOc1cc(S(=O)(=O)n2ccnc2CC)c(OCC)cc1C. The van der Waals surface area contributed by atoms with Gasteiger partial charge in [0, 0.05) is 24.9 Å². The van der Waals surface area contributed by atoms with Crippen molar-refractivity contribution < 1.29 is 17.9 Å². The summed E-state index contributed by atoms with van der Waals surface area (Å²) in [5.74, 6) is 1.34. The Kier molecular flexibility index (Phi) is 5.30. The topological polar surface area (TPSA) is 70.4 Å². The van der Waals surface area contributed by atoms with E-state index in [2.05, 4.69) is 4.98 Å². The Bertz CT molecular complexity index is 781. The predicted octanol–water partition coefficient (Wildman–Crippen LogP) is 2.79. The summed E-state index contributed by atoms with van der Waals surface area (Å²) in [5, 5.41) is 0. The number of aromatic nitrogens is 2. The van der Waals surface area contributed by atoms with Crippen LogP contribution in [0, 0.1) is 6.92 Å². The van der Waals surface area contributed by atoms with Gasteiger partial charge in [-0.15, -0.1) is 0 Å². The van der Waals surface area contributed by atoms with Gasteiger partial charge in [0.25, 0.3) is 10.0 Å². The van der Waals surface area contributed by atoms with Gasteiger partial charge in [0.2, 0.25) is 0 Å². The number of aryl methyl sites for hydroxylation is 2. The number of hydrogen-bond acceptors (Lipinski definition) is 5. The zero-order chi connectivity index (χ0) is 17.0. The molecule has 7 heteroatoms. The predicted molar refractivity (Wildman–Crippen MR) is 87.7 cm³/mol. The third-order valence-corrected chi connectivity index (χ3v) is 5.10. The van der Waals surface area contributed by atoms with Crippen molar-refractivity contribution in [1.29, 1.82) is 0 Å². The zero-order valence-electron chi connectivity index (χ0n) is 13.9. The molecule has 1 heterocycles. The molecule has 0 aliphatic rings. The van der Waals surface area contributed by atoms with E-state index >= 15 is 0 Å². The first-order valence-electron chi connectivity index (χ1n) is 7.63. The lowest BCUT2D eigenvalue weighted by Crippen LogP contribution is -2.17. The molecule has 0 unspecified atom stereocenters. The molecule has 6 nitrogen and oxygen atoms in total. The van der Waals surface area contributed by atoms with Crippen molar-refractivity contribution in [2.24, 2.45) is 0 Å². The number of hydrogen-bond donors (Lipinski definition) is 0. The molecule has 0 saturated heterocycles. The molecule has 1 aromatic heterocycles. The van der Waals surface area contributed by atoms with E-state index < -0.39 is 10.0 Å². The van der Waals surface area contributed by atoms with Gasteiger partial charge < -0.3 is 9.47 Å². The van der Waals surface area contributed by atoms with Gasteiger partial charge in [-0.25, -0.2) is 17.4 Å². The normalized spacial score (nSPS) is 11.5. The van der Waals surface area contributed by atoms with Crippen LogP contribution in [0.15, 0.2) is 29.4 Å². The first kappa shape index (κ1) is 17.3. The summed E-state index contributed by atoms with van der Waals surface area (Å²) in [4.78, 5) is 4.17. The summed E-state index contributed by atoms with van der Waals surface area (Å²) >= 11 is 0. The van der Waals surface area contributed by atoms with Crippen molar-refractivity contribution in [3.8, 4) is 11.5 Å². The summed E-state index contributed by atoms with van der Waals surface area (Å²) in [6.45, 7) is 8.23. The van der Waals surface area contributed by atoms with E-state index in [-0.39, 0.29) is 4.90 Å². The van der Waals surface area contributed by atoms with Crippen LogP contribution < -0.4 is 9.47 Å². The highest BCUT2D eigenvalue weighted by Gasteiger charge is 2.25. The molecule has 0 saturated carbocycles. The fourth-order valence-electron chi connectivity index (χ4n) is 2.32. The molecule has 2 rings (SSSR count). The Morgan fingerprint density at radius 2 is 1.74 bits per heavy atom. The number of ether oxygens (including phenoxy) is 2. The third kappa shape index (κ3) is 3.34. The smallest absolute Gasteiger partial charge is 0.272 e. The Hall–Kier alpha value is -2.02. The van der Waals surface area contributed by atoms with E-state index in [0.717, 1.165) is 5.56 Å². The fourth-order valence-corrected chi connectivity index (χ4v) is 3.83. The molecule has 23 heavy (non-hydrogen) atoms. The lowest BCUT2D eigenvalue weighted by atomic mass is 10.2. The monoisotopic (exact) mass is 338 g/mol. The molecule has 0 atom stereocenters. The highest BCUT2D eigenvalue weighted by molar-refractivity contribution is 7.90. The van der Waals surface area contributed by atoms with E-state index in [1.807, 2.05) is 27.7 Å². The summed E-state index contributed by atoms with van der Waals surface area (Å²) in [5.41, 5.74) is 0.829. The second kappa shape index (κ2) is 7.04. The largest absolute Gasteiger partial charge is 0.494 e. The highest BCUT2D eigenvalue weighted by Crippen LogP contribution is 2.33. The number of imidazole rings is 1.